The van der Waals surface area contributed by atoms with Gasteiger partial charge in [-0.15, -0.1) is 11.3 Å². The molecule has 0 saturated heterocycles. The van der Waals surface area contributed by atoms with E-state index < -0.39 is 0 Å². The van der Waals surface area contributed by atoms with Gasteiger partial charge in [0.1, 0.15) is 0 Å². The molecule has 96 valence electrons. The van der Waals surface area contributed by atoms with Crippen LogP contribution in [-0.4, -0.2) is 17.8 Å². The first-order valence-corrected chi connectivity index (χ1v) is 7.09. The molecule has 1 aromatic carbocycles. The topological polar surface area (TPSA) is 32.3 Å². The molecule has 2 nitrogen and oxygen atoms in total. The molecular formula is C15H19NOS. The van der Waals surface area contributed by atoms with Crippen LogP contribution >= 0.6 is 11.3 Å². The van der Waals surface area contributed by atoms with Crippen molar-refractivity contribution in [2.24, 2.45) is 0 Å². The molecule has 0 amide bonds. The molecule has 0 radical (unpaired) electrons. The van der Waals surface area contributed by atoms with Crippen molar-refractivity contribution in [1.29, 1.82) is 0 Å². The Morgan fingerprint density at radius 2 is 1.94 bits per heavy atom. The maximum Gasteiger partial charge on any atom is 0.0445 e. The Morgan fingerprint density at radius 3 is 2.67 bits per heavy atom. The van der Waals surface area contributed by atoms with E-state index in [4.69, 9.17) is 5.11 Å². The molecule has 0 aliphatic carbocycles. The Morgan fingerprint density at radius 1 is 1.17 bits per heavy atom. The number of thiophene rings is 1. The summed E-state index contributed by atoms with van der Waals surface area (Å²) in [6.07, 6.45) is 0.802. The molecule has 0 saturated carbocycles. The first kappa shape index (κ1) is 13.3. The smallest absolute Gasteiger partial charge is 0.0445 e. The highest BCUT2D eigenvalue weighted by Gasteiger charge is 2.04. The fourth-order valence-corrected chi connectivity index (χ4v) is 2.77. The summed E-state index contributed by atoms with van der Waals surface area (Å²) >= 11 is 1.82. The molecular weight excluding hydrogens is 242 g/mol. The van der Waals surface area contributed by atoms with Gasteiger partial charge in [-0.05, 0) is 31.0 Å². The first-order chi connectivity index (χ1) is 8.79. The normalized spacial score (nSPS) is 12.6. The van der Waals surface area contributed by atoms with Crippen LogP contribution in [0, 0.1) is 0 Å². The van der Waals surface area contributed by atoms with Gasteiger partial charge in [-0.1, -0.05) is 30.3 Å². The molecule has 2 rings (SSSR count). The number of aliphatic hydroxyl groups is 1. The Kier molecular flexibility index (Phi) is 4.93. The van der Waals surface area contributed by atoms with Crippen molar-refractivity contribution >= 4 is 11.3 Å². The van der Waals surface area contributed by atoms with E-state index in [-0.39, 0.29) is 6.61 Å². The Balaban J connectivity index is 1.95. The zero-order valence-corrected chi connectivity index (χ0v) is 11.4. The lowest BCUT2D eigenvalue weighted by Gasteiger charge is -2.10. The highest BCUT2D eigenvalue weighted by molar-refractivity contribution is 7.15. The van der Waals surface area contributed by atoms with Crippen molar-refractivity contribution in [2.75, 3.05) is 6.61 Å². The van der Waals surface area contributed by atoms with Crippen molar-refractivity contribution in [1.82, 2.24) is 5.32 Å². The highest BCUT2D eigenvalue weighted by atomic mass is 32.1. The predicted molar refractivity (Wildman–Crippen MR) is 77.8 cm³/mol. The number of hydrogen-bond donors (Lipinski definition) is 2. The van der Waals surface area contributed by atoms with E-state index in [1.165, 1.54) is 15.3 Å². The second kappa shape index (κ2) is 6.69. The lowest BCUT2D eigenvalue weighted by atomic mass is 10.2. The minimum atomic E-state index is 0.244. The highest BCUT2D eigenvalue weighted by Crippen LogP contribution is 2.27. The van der Waals surface area contributed by atoms with Gasteiger partial charge < -0.3 is 10.4 Å². The summed E-state index contributed by atoms with van der Waals surface area (Å²) in [4.78, 5) is 2.64. The lowest BCUT2D eigenvalue weighted by Crippen LogP contribution is -2.25. The lowest BCUT2D eigenvalue weighted by molar-refractivity contribution is 0.269. The Hall–Kier alpha value is -1.16. The van der Waals surface area contributed by atoms with E-state index in [1.807, 2.05) is 17.4 Å². The number of aliphatic hydroxyl groups excluding tert-OH is 1. The molecule has 1 aromatic heterocycles. The maximum atomic E-state index is 8.85. The van der Waals surface area contributed by atoms with E-state index in [0.717, 1.165) is 13.0 Å². The summed E-state index contributed by atoms with van der Waals surface area (Å²) in [5.41, 5.74) is 1.28. The fraction of sp³-hybridized carbons (Fsp3) is 0.333. The summed E-state index contributed by atoms with van der Waals surface area (Å²) < 4.78 is 0. The Bertz CT molecular complexity index is 466. The zero-order chi connectivity index (χ0) is 12.8. The van der Waals surface area contributed by atoms with E-state index >= 15 is 0 Å². The minimum absolute atomic E-state index is 0.244. The molecule has 0 bridgehead atoms. The van der Waals surface area contributed by atoms with Crippen molar-refractivity contribution in [3.8, 4) is 10.4 Å². The van der Waals surface area contributed by atoms with Crippen LogP contribution in [0.5, 0.6) is 0 Å². The van der Waals surface area contributed by atoms with Crippen LogP contribution in [0.2, 0.25) is 0 Å². The van der Waals surface area contributed by atoms with Crippen molar-refractivity contribution < 1.29 is 5.11 Å². The van der Waals surface area contributed by atoms with Crippen LogP contribution in [0.3, 0.4) is 0 Å². The second-order valence-corrected chi connectivity index (χ2v) is 5.59. The second-order valence-electron chi connectivity index (χ2n) is 4.43. The molecule has 1 unspecified atom stereocenters. The van der Waals surface area contributed by atoms with Gasteiger partial charge in [0.25, 0.3) is 0 Å². The molecule has 0 fully saturated rings. The molecule has 0 aliphatic heterocycles. The number of nitrogens with one attached hydrogen (secondary N) is 1. The van der Waals surface area contributed by atoms with Crippen LogP contribution in [0.4, 0.5) is 0 Å². The predicted octanol–water partition coefficient (Wildman–Crippen LogP) is 3.28. The van der Waals surface area contributed by atoms with E-state index in [0.29, 0.717) is 6.04 Å². The average molecular weight is 261 g/mol. The summed E-state index contributed by atoms with van der Waals surface area (Å²) in [5, 5.41) is 12.3. The molecule has 0 aliphatic rings. The van der Waals surface area contributed by atoms with Crippen LogP contribution in [-0.2, 0) is 6.54 Å². The van der Waals surface area contributed by atoms with Gasteiger partial charge in [-0.2, -0.15) is 0 Å². The zero-order valence-electron chi connectivity index (χ0n) is 10.6. The van der Waals surface area contributed by atoms with E-state index in [2.05, 4.69) is 48.6 Å². The van der Waals surface area contributed by atoms with Crippen molar-refractivity contribution in [3.63, 3.8) is 0 Å². The van der Waals surface area contributed by atoms with Gasteiger partial charge >= 0.3 is 0 Å². The summed E-state index contributed by atoms with van der Waals surface area (Å²) in [7, 11) is 0. The van der Waals surface area contributed by atoms with Gasteiger partial charge in [0.05, 0.1) is 0 Å². The molecule has 1 atom stereocenters. The summed E-state index contributed by atoms with van der Waals surface area (Å²) in [6.45, 7) is 3.22. The summed E-state index contributed by atoms with van der Waals surface area (Å²) in [5.74, 6) is 0. The van der Waals surface area contributed by atoms with Gasteiger partial charge in [-0.3, -0.25) is 0 Å². The Labute approximate surface area is 112 Å². The van der Waals surface area contributed by atoms with Gasteiger partial charge in [-0.25, -0.2) is 0 Å². The third-order valence-electron chi connectivity index (χ3n) is 2.91. The van der Waals surface area contributed by atoms with Gasteiger partial charge in [0.2, 0.25) is 0 Å². The minimum Gasteiger partial charge on any atom is -0.396 e. The molecule has 3 heteroatoms. The molecule has 0 spiro atoms. The third kappa shape index (κ3) is 3.67. The first-order valence-electron chi connectivity index (χ1n) is 6.28. The SMILES string of the molecule is CC(CCO)NCc1ccc(-c2ccccc2)s1. The fourth-order valence-electron chi connectivity index (χ4n) is 1.80. The number of hydrogen-bond acceptors (Lipinski definition) is 3. The largest absolute Gasteiger partial charge is 0.396 e. The van der Waals surface area contributed by atoms with Gasteiger partial charge in [0.15, 0.2) is 0 Å². The standard InChI is InChI=1S/C15H19NOS/c1-12(9-10-17)16-11-14-7-8-15(18-14)13-5-3-2-4-6-13/h2-8,12,16-17H,9-11H2,1H3. The van der Waals surface area contributed by atoms with E-state index in [1.54, 1.807) is 0 Å². The molecule has 18 heavy (non-hydrogen) atoms. The maximum absolute atomic E-state index is 8.85. The van der Waals surface area contributed by atoms with Crippen molar-refractivity contribution in [2.45, 2.75) is 25.9 Å². The van der Waals surface area contributed by atoms with Crippen molar-refractivity contribution in [3.05, 3.63) is 47.3 Å². The quantitative estimate of drug-likeness (QED) is 0.836. The number of rotatable bonds is 6. The van der Waals surface area contributed by atoms with Crippen LogP contribution in [0.15, 0.2) is 42.5 Å². The number of benzene rings is 1. The van der Waals surface area contributed by atoms with E-state index in [9.17, 15) is 0 Å². The third-order valence-corrected chi connectivity index (χ3v) is 4.04. The summed E-state index contributed by atoms with van der Waals surface area (Å²) in [6, 6.07) is 15.1. The average Bonchev–Trinajstić information content (AvgIpc) is 2.87. The van der Waals surface area contributed by atoms with Crippen LogP contribution in [0.25, 0.3) is 10.4 Å². The molecule has 1 heterocycles. The van der Waals surface area contributed by atoms with Gasteiger partial charge in [0, 0.05) is 28.9 Å². The monoisotopic (exact) mass is 261 g/mol. The van der Waals surface area contributed by atoms with Crippen LogP contribution in [0.1, 0.15) is 18.2 Å². The molecule has 2 N–H and O–H groups in total. The molecule has 2 aromatic rings. The van der Waals surface area contributed by atoms with Crippen LogP contribution < -0.4 is 5.32 Å².